The van der Waals surface area contributed by atoms with Gasteiger partial charge in [0, 0.05) is 5.71 Å². The smallest absolute Gasteiger partial charge is 0.172 e. The molecule has 0 saturated carbocycles. The van der Waals surface area contributed by atoms with Crippen LogP contribution in [0.5, 0.6) is 0 Å². The first kappa shape index (κ1) is 13.2. The third-order valence-electron chi connectivity index (χ3n) is 2.34. The van der Waals surface area contributed by atoms with Gasteiger partial charge in [-0.25, -0.2) is 0 Å². The Kier molecular flexibility index (Phi) is 4.94. The molecule has 0 atom stereocenters. The van der Waals surface area contributed by atoms with Crippen LogP contribution in [0.4, 0.5) is 0 Å². The Morgan fingerprint density at radius 1 is 1.12 bits per heavy atom. The minimum Gasteiger partial charge on any atom is -0.325 e. The van der Waals surface area contributed by atoms with Crippen molar-refractivity contribution in [3.05, 3.63) is 35.9 Å². The molecule has 1 aromatic rings. The van der Waals surface area contributed by atoms with Crippen LogP contribution < -0.4 is 0 Å². The van der Waals surface area contributed by atoms with Crippen molar-refractivity contribution in [2.24, 2.45) is 4.66 Å². The summed E-state index contributed by atoms with van der Waals surface area (Å²) in [7, 11) is -1.37. The van der Waals surface area contributed by atoms with Crippen molar-refractivity contribution in [1.29, 1.82) is 0 Å². The van der Waals surface area contributed by atoms with Gasteiger partial charge >= 0.3 is 0 Å². The first-order chi connectivity index (χ1) is 7.53. The van der Waals surface area contributed by atoms with E-state index >= 15 is 0 Å². The molecule has 0 heterocycles. The molecule has 1 nitrogen and oxygen atoms in total. The number of hydrogen-bond donors (Lipinski definition) is 0. The predicted molar refractivity (Wildman–Crippen MR) is 75.9 cm³/mol. The van der Waals surface area contributed by atoms with Gasteiger partial charge in [0.1, 0.15) is 0 Å². The summed E-state index contributed by atoms with van der Waals surface area (Å²) in [5, 5.41) is 0. The van der Waals surface area contributed by atoms with Gasteiger partial charge in [0.05, 0.1) is 0 Å². The van der Waals surface area contributed by atoms with Crippen molar-refractivity contribution in [3.8, 4) is 0 Å². The summed E-state index contributed by atoms with van der Waals surface area (Å²) < 4.78 is 4.97. The number of nitrogens with zero attached hydrogens (tertiary/aromatic N) is 1. The van der Waals surface area contributed by atoms with E-state index in [1.807, 2.05) is 0 Å². The highest BCUT2D eigenvalue weighted by atomic mass is 28.3. The van der Waals surface area contributed by atoms with Gasteiger partial charge in [0.15, 0.2) is 8.24 Å². The Labute approximate surface area is 101 Å². The van der Waals surface area contributed by atoms with E-state index in [1.54, 1.807) is 0 Å². The van der Waals surface area contributed by atoms with Gasteiger partial charge in [-0.2, -0.15) is 0 Å². The lowest BCUT2D eigenvalue weighted by Gasteiger charge is -2.14. The molecule has 0 aliphatic rings. The molecule has 0 radical (unpaired) electrons. The van der Waals surface area contributed by atoms with Crippen molar-refractivity contribution in [1.82, 2.24) is 0 Å². The topological polar surface area (TPSA) is 12.4 Å². The Morgan fingerprint density at radius 3 is 2.25 bits per heavy atom. The number of unbranched alkanes of at least 4 members (excludes halogenated alkanes) is 1. The van der Waals surface area contributed by atoms with Gasteiger partial charge < -0.3 is 4.66 Å². The van der Waals surface area contributed by atoms with Crippen LogP contribution in [0, 0.1) is 0 Å². The fraction of sp³-hybridized carbons (Fsp3) is 0.500. The lowest BCUT2D eigenvalue weighted by atomic mass is 10.1. The van der Waals surface area contributed by atoms with Gasteiger partial charge in [-0.1, -0.05) is 43.7 Å². The van der Waals surface area contributed by atoms with Gasteiger partial charge in [0.25, 0.3) is 0 Å². The highest BCUT2D eigenvalue weighted by molar-refractivity contribution is 6.75. The van der Waals surface area contributed by atoms with E-state index < -0.39 is 8.24 Å². The zero-order valence-electron chi connectivity index (χ0n) is 11.0. The maximum absolute atomic E-state index is 4.97. The molecule has 0 fully saturated rings. The molecule has 1 aromatic carbocycles. The first-order valence-corrected chi connectivity index (χ1v) is 9.62. The maximum atomic E-state index is 4.97. The molecule has 0 aromatic heterocycles. The standard InChI is InChI=1S/C14H23NSi/c1-5-6-12-14(15-16(2,3)4)13-10-8-7-9-11-13/h7-11H,5-6,12H2,1-4H3. The molecule has 88 valence electrons. The second-order valence-corrected chi connectivity index (χ2v) is 9.76. The molecule has 0 saturated heterocycles. The van der Waals surface area contributed by atoms with Crippen LogP contribution in [-0.2, 0) is 0 Å². The van der Waals surface area contributed by atoms with Crippen molar-refractivity contribution in [3.63, 3.8) is 0 Å². The van der Waals surface area contributed by atoms with E-state index in [4.69, 9.17) is 4.66 Å². The van der Waals surface area contributed by atoms with Crippen molar-refractivity contribution >= 4 is 13.9 Å². The number of benzene rings is 1. The van der Waals surface area contributed by atoms with E-state index in [-0.39, 0.29) is 0 Å². The molecule has 0 bridgehead atoms. The quantitative estimate of drug-likeness (QED) is 0.524. The lowest BCUT2D eigenvalue weighted by molar-refractivity contribution is 0.836. The van der Waals surface area contributed by atoms with E-state index in [1.165, 1.54) is 24.1 Å². The van der Waals surface area contributed by atoms with E-state index in [9.17, 15) is 0 Å². The summed E-state index contributed by atoms with van der Waals surface area (Å²) in [6.45, 7) is 9.11. The molecule has 1 rings (SSSR count). The molecule has 0 amide bonds. The summed E-state index contributed by atoms with van der Waals surface area (Å²) in [6, 6.07) is 10.6. The minimum atomic E-state index is -1.37. The molecule has 0 spiro atoms. The minimum absolute atomic E-state index is 1.12. The average molecular weight is 233 g/mol. The van der Waals surface area contributed by atoms with Crippen LogP contribution in [-0.4, -0.2) is 13.9 Å². The summed E-state index contributed by atoms with van der Waals surface area (Å²) in [5.74, 6) is 0. The Hall–Kier alpha value is -0.893. The first-order valence-electron chi connectivity index (χ1n) is 6.17. The van der Waals surface area contributed by atoms with Gasteiger partial charge in [-0.3, -0.25) is 0 Å². The summed E-state index contributed by atoms with van der Waals surface area (Å²) in [6.07, 6.45) is 3.58. The van der Waals surface area contributed by atoms with Crippen LogP contribution >= 0.6 is 0 Å². The zero-order valence-corrected chi connectivity index (χ0v) is 12.0. The van der Waals surface area contributed by atoms with Crippen molar-refractivity contribution in [2.75, 3.05) is 0 Å². The monoisotopic (exact) mass is 233 g/mol. The molecule has 0 unspecified atom stereocenters. The molecule has 0 aliphatic carbocycles. The van der Waals surface area contributed by atoms with E-state index in [2.05, 4.69) is 56.9 Å². The van der Waals surface area contributed by atoms with E-state index in [0.29, 0.717) is 0 Å². The number of hydrogen-bond acceptors (Lipinski definition) is 1. The third kappa shape index (κ3) is 4.75. The number of rotatable bonds is 5. The Balaban J connectivity index is 2.92. The second-order valence-electron chi connectivity index (χ2n) is 5.20. The van der Waals surface area contributed by atoms with Gasteiger partial charge in [-0.15, -0.1) is 0 Å². The molecule has 2 heteroatoms. The molecule has 0 aliphatic heterocycles. The predicted octanol–water partition coefficient (Wildman–Crippen LogP) is 4.50. The van der Waals surface area contributed by atoms with E-state index in [0.717, 1.165) is 6.42 Å². The maximum Gasteiger partial charge on any atom is 0.172 e. The molecule has 16 heavy (non-hydrogen) atoms. The van der Waals surface area contributed by atoms with Gasteiger partial charge in [0.2, 0.25) is 0 Å². The van der Waals surface area contributed by atoms with Crippen LogP contribution in [0.15, 0.2) is 35.0 Å². The third-order valence-corrected chi connectivity index (χ3v) is 3.29. The lowest BCUT2D eigenvalue weighted by Crippen LogP contribution is -2.20. The van der Waals surface area contributed by atoms with Crippen LogP contribution in [0.25, 0.3) is 0 Å². The fourth-order valence-electron chi connectivity index (χ4n) is 1.64. The Morgan fingerprint density at radius 2 is 1.75 bits per heavy atom. The SMILES string of the molecule is CCCCC(=N[Si](C)(C)C)c1ccccc1. The van der Waals surface area contributed by atoms with Crippen molar-refractivity contribution in [2.45, 2.75) is 45.8 Å². The molecular formula is C14H23NSi. The normalized spacial score (nSPS) is 12.9. The largest absolute Gasteiger partial charge is 0.325 e. The summed E-state index contributed by atoms with van der Waals surface area (Å²) in [5.41, 5.74) is 2.61. The van der Waals surface area contributed by atoms with Crippen LogP contribution in [0.1, 0.15) is 31.7 Å². The zero-order chi connectivity index (χ0) is 12.0. The fourth-order valence-corrected chi connectivity index (χ4v) is 2.70. The highest BCUT2D eigenvalue weighted by Gasteiger charge is 2.13. The Bertz CT molecular complexity index is 336. The van der Waals surface area contributed by atoms with Crippen LogP contribution in [0.3, 0.4) is 0 Å². The average Bonchev–Trinajstić information content (AvgIpc) is 2.24. The van der Waals surface area contributed by atoms with Gasteiger partial charge in [-0.05, 0) is 38.0 Å². The second kappa shape index (κ2) is 5.99. The summed E-state index contributed by atoms with van der Waals surface area (Å²) in [4.78, 5) is 0. The molecular weight excluding hydrogens is 210 g/mol. The highest BCUT2D eigenvalue weighted by Crippen LogP contribution is 2.12. The summed E-state index contributed by atoms with van der Waals surface area (Å²) >= 11 is 0. The molecule has 0 N–H and O–H groups in total. The van der Waals surface area contributed by atoms with Crippen molar-refractivity contribution < 1.29 is 0 Å². The van der Waals surface area contributed by atoms with Crippen LogP contribution in [0.2, 0.25) is 19.6 Å².